The van der Waals surface area contributed by atoms with E-state index in [4.69, 9.17) is 0 Å². The summed E-state index contributed by atoms with van der Waals surface area (Å²) < 4.78 is 0. The minimum absolute atomic E-state index is 0.0479. The highest BCUT2D eigenvalue weighted by Crippen LogP contribution is 2.47. The van der Waals surface area contributed by atoms with Crippen molar-refractivity contribution in [3.63, 3.8) is 0 Å². The number of fused-ring (bicyclic) bond motifs is 2. The molecule has 4 unspecified atom stereocenters. The molecule has 3 aliphatic carbocycles. The summed E-state index contributed by atoms with van der Waals surface area (Å²) in [5.74, 6) is 2.24. The Morgan fingerprint density at radius 1 is 0.621 bits per heavy atom. The van der Waals surface area contributed by atoms with Crippen molar-refractivity contribution >= 4 is 11.8 Å². The van der Waals surface area contributed by atoms with Gasteiger partial charge in [-0.05, 0) is 68.6 Å². The van der Waals surface area contributed by atoms with Crippen LogP contribution in [-0.4, -0.2) is 46.8 Å². The summed E-state index contributed by atoms with van der Waals surface area (Å²) >= 11 is 0. The van der Waals surface area contributed by atoms with Crippen LogP contribution < -0.4 is 0 Å². The Morgan fingerprint density at radius 2 is 1.07 bits per heavy atom. The lowest BCUT2D eigenvalue weighted by Crippen LogP contribution is -2.44. The first-order valence-electron chi connectivity index (χ1n) is 12.7. The molecule has 2 amide bonds. The van der Waals surface area contributed by atoms with Crippen LogP contribution in [-0.2, 0) is 9.59 Å². The fourth-order valence-electron chi connectivity index (χ4n) is 7.82. The quantitative estimate of drug-likeness (QED) is 0.673. The molecule has 0 spiro atoms. The molecular weight excluding hydrogens is 360 g/mol. The Morgan fingerprint density at radius 3 is 1.55 bits per heavy atom. The molecule has 29 heavy (non-hydrogen) atoms. The van der Waals surface area contributed by atoms with Crippen LogP contribution in [0.5, 0.6) is 0 Å². The minimum Gasteiger partial charge on any atom is -0.339 e. The van der Waals surface area contributed by atoms with Gasteiger partial charge in [-0.15, -0.1) is 0 Å². The average molecular weight is 401 g/mol. The van der Waals surface area contributed by atoms with Crippen LogP contribution in [0.25, 0.3) is 0 Å². The largest absolute Gasteiger partial charge is 0.339 e. The summed E-state index contributed by atoms with van der Waals surface area (Å²) in [6.07, 6.45) is 18.5. The first-order valence-corrected chi connectivity index (χ1v) is 12.7. The molecule has 0 bridgehead atoms. The molecule has 4 atom stereocenters. The van der Waals surface area contributed by atoms with Crippen molar-refractivity contribution in [3.8, 4) is 0 Å². The first kappa shape index (κ1) is 19.9. The zero-order valence-electron chi connectivity index (χ0n) is 18.2. The van der Waals surface area contributed by atoms with E-state index in [1.54, 1.807) is 0 Å². The SMILES string of the molecule is O=C(CC1(CC(=O)N2CCC3CCCCC32)CCCC1)N1CCC2CCCCC21. The van der Waals surface area contributed by atoms with Crippen LogP contribution in [0.1, 0.15) is 103 Å². The molecule has 2 aliphatic heterocycles. The van der Waals surface area contributed by atoms with Crippen molar-refractivity contribution in [1.82, 2.24) is 9.80 Å². The summed E-state index contributed by atoms with van der Waals surface area (Å²) in [5, 5.41) is 0. The van der Waals surface area contributed by atoms with Crippen LogP contribution in [0.3, 0.4) is 0 Å². The minimum atomic E-state index is -0.0479. The maximum absolute atomic E-state index is 13.4. The monoisotopic (exact) mass is 400 g/mol. The van der Waals surface area contributed by atoms with E-state index in [-0.39, 0.29) is 5.41 Å². The lowest BCUT2D eigenvalue weighted by Gasteiger charge is -2.37. The van der Waals surface area contributed by atoms with Gasteiger partial charge < -0.3 is 9.80 Å². The Bertz CT molecular complexity index is 578. The second-order valence-electron chi connectivity index (χ2n) is 11.0. The number of hydrogen-bond donors (Lipinski definition) is 0. The third-order valence-corrected chi connectivity index (χ3v) is 9.38. The van der Waals surface area contributed by atoms with E-state index in [9.17, 15) is 9.59 Å². The van der Waals surface area contributed by atoms with Crippen molar-refractivity contribution in [2.24, 2.45) is 17.3 Å². The molecule has 2 saturated heterocycles. The predicted molar refractivity (Wildman–Crippen MR) is 114 cm³/mol. The summed E-state index contributed by atoms with van der Waals surface area (Å²) in [6.45, 7) is 1.93. The van der Waals surface area contributed by atoms with Crippen LogP contribution >= 0.6 is 0 Å². The Kier molecular flexibility index (Phi) is 5.64. The standard InChI is InChI=1S/C25H40N2O2/c28-23(26-15-11-19-7-1-3-9-21(19)26)17-25(13-5-6-14-25)18-24(29)27-16-12-20-8-2-4-10-22(20)27/h19-22H,1-18H2. The molecule has 0 N–H and O–H groups in total. The summed E-state index contributed by atoms with van der Waals surface area (Å²) in [5.41, 5.74) is -0.0479. The zero-order chi connectivity index (χ0) is 19.8. The highest BCUT2D eigenvalue weighted by Gasteiger charge is 2.45. The van der Waals surface area contributed by atoms with Gasteiger partial charge in [0.2, 0.25) is 11.8 Å². The molecular formula is C25H40N2O2. The molecule has 3 saturated carbocycles. The third kappa shape index (κ3) is 3.85. The van der Waals surface area contributed by atoms with Crippen LogP contribution in [0.15, 0.2) is 0 Å². The molecule has 162 valence electrons. The molecule has 0 aromatic rings. The molecule has 5 rings (SSSR count). The van der Waals surface area contributed by atoms with E-state index in [2.05, 4.69) is 9.80 Å². The van der Waals surface area contributed by atoms with Gasteiger partial charge in [0, 0.05) is 38.0 Å². The van der Waals surface area contributed by atoms with E-state index >= 15 is 0 Å². The molecule has 5 fully saturated rings. The van der Waals surface area contributed by atoms with Gasteiger partial charge in [-0.1, -0.05) is 38.5 Å². The molecule has 2 heterocycles. The number of hydrogen-bond acceptors (Lipinski definition) is 2. The van der Waals surface area contributed by atoms with Gasteiger partial charge in [-0.25, -0.2) is 0 Å². The highest BCUT2D eigenvalue weighted by atomic mass is 16.2. The van der Waals surface area contributed by atoms with Gasteiger partial charge in [0.15, 0.2) is 0 Å². The van der Waals surface area contributed by atoms with E-state index in [0.29, 0.717) is 36.7 Å². The number of likely N-dealkylation sites (tertiary alicyclic amines) is 2. The van der Waals surface area contributed by atoms with Gasteiger partial charge in [-0.3, -0.25) is 9.59 Å². The van der Waals surface area contributed by atoms with Gasteiger partial charge >= 0.3 is 0 Å². The van der Waals surface area contributed by atoms with Gasteiger partial charge in [0.05, 0.1) is 0 Å². The molecule has 0 aromatic carbocycles. The number of carbonyl (C=O) groups is 2. The molecule has 5 aliphatic rings. The number of nitrogens with zero attached hydrogens (tertiary/aromatic N) is 2. The molecule has 0 aromatic heterocycles. The zero-order valence-corrected chi connectivity index (χ0v) is 18.2. The fraction of sp³-hybridized carbons (Fsp3) is 0.920. The number of carbonyl (C=O) groups excluding carboxylic acids is 2. The van der Waals surface area contributed by atoms with Gasteiger partial charge in [0.25, 0.3) is 0 Å². The maximum Gasteiger partial charge on any atom is 0.223 e. The Labute approximate surface area is 176 Å². The first-order chi connectivity index (χ1) is 14.2. The van der Waals surface area contributed by atoms with E-state index in [1.165, 1.54) is 77.0 Å². The van der Waals surface area contributed by atoms with Crippen molar-refractivity contribution in [2.75, 3.05) is 13.1 Å². The second-order valence-corrected chi connectivity index (χ2v) is 11.0. The molecule has 4 heteroatoms. The maximum atomic E-state index is 13.4. The van der Waals surface area contributed by atoms with E-state index in [1.807, 2.05) is 0 Å². The second kappa shape index (κ2) is 8.23. The van der Waals surface area contributed by atoms with E-state index in [0.717, 1.165) is 37.8 Å². The topological polar surface area (TPSA) is 40.6 Å². The van der Waals surface area contributed by atoms with Crippen molar-refractivity contribution < 1.29 is 9.59 Å². The molecule has 4 nitrogen and oxygen atoms in total. The summed E-state index contributed by atoms with van der Waals surface area (Å²) in [4.78, 5) is 31.3. The van der Waals surface area contributed by atoms with Crippen molar-refractivity contribution in [1.29, 1.82) is 0 Å². The van der Waals surface area contributed by atoms with E-state index < -0.39 is 0 Å². The third-order valence-electron chi connectivity index (χ3n) is 9.38. The summed E-state index contributed by atoms with van der Waals surface area (Å²) in [6, 6.07) is 1.01. The number of rotatable bonds is 4. The van der Waals surface area contributed by atoms with Gasteiger partial charge in [-0.2, -0.15) is 0 Å². The van der Waals surface area contributed by atoms with Crippen molar-refractivity contribution in [3.05, 3.63) is 0 Å². The normalized spacial score (nSPS) is 36.1. The Balaban J connectivity index is 1.24. The lowest BCUT2D eigenvalue weighted by atomic mass is 9.78. The number of amides is 2. The average Bonchev–Trinajstić information content (AvgIpc) is 3.46. The summed E-state index contributed by atoms with van der Waals surface area (Å²) in [7, 11) is 0. The highest BCUT2D eigenvalue weighted by molar-refractivity contribution is 5.81. The van der Waals surface area contributed by atoms with Crippen molar-refractivity contribution in [2.45, 2.75) is 115 Å². The van der Waals surface area contributed by atoms with Crippen LogP contribution in [0, 0.1) is 17.3 Å². The van der Waals surface area contributed by atoms with Crippen LogP contribution in [0.2, 0.25) is 0 Å². The van der Waals surface area contributed by atoms with Gasteiger partial charge in [0.1, 0.15) is 0 Å². The fourth-order valence-corrected chi connectivity index (χ4v) is 7.82. The smallest absolute Gasteiger partial charge is 0.223 e. The van der Waals surface area contributed by atoms with Crippen LogP contribution in [0.4, 0.5) is 0 Å². The predicted octanol–water partition coefficient (Wildman–Crippen LogP) is 4.91. The lowest BCUT2D eigenvalue weighted by molar-refractivity contribution is -0.139. The molecule has 0 radical (unpaired) electrons. The Hall–Kier alpha value is -1.06.